The minimum atomic E-state index is -1.11. The molecule has 0 aliphatic rings. The lowest BCUT2D eigenvalue weighted by Crippen LogP contribution is -2.00. The summed E-state index contributed by atoms with van der Waals surface area (Å²) in [6.07, 6.45) is 0. The number of carboxylic acid groups (broad SMARTS) is 1. The van der Waals surface area contributed by atoms with E-state index in [-0.39, 0.29) is 18.1 Å². The number of halogens is 1. The first-order valence-corrected chi connectivity index (χ1v) is 6.50. The lowest BCUT2D eigenvalue weighted by Gasteiger charge is -2.08. The van der Waals surface area contributed by atoms with Gasteiger partial charge in [-0.25, -0.2) is 9.18 Å². The van der Waals surface area contributed by atoms with Gasteiger partial charge >= 0.3 is 5.97 Å². The summed E-state index contributed by atoms with van der Waals surface area (Å²) in [4.78, 5) is 10.9. The number of hydrogen-bond donors (Lipinski definition) is 2. The second-order valence-corrected chi connectivity index (χ2v) is 4.46. The van der Waals surface area contributed by atoms with Gasteiger partial charge in [-0.15, -0.1) is 0 Å². The number of hydrogen-bond acceptors (Lipinski definition) is 4. The zero-order chi connectivity index (χ0) is 15.4. The number of carbonyl (C=O) groups is 1. The van der Waals surface area contributed by atoms with Gasteiger partial charge in [0.1, 0.15) is 5.76 Å². The van der Waals surface area contributed by atoms with E-state index >= 15 is 0 Å². The summed E-state index contributed by atoms with van der Waals surface area (Å²) < 4.78 is 24.0. The highest BCUT2D eigenvalue weighted by Crippen LogP contribution is 2.22. The lowest BCUT2D eigenvalue weighted by molar-refractivity contribution is 0.0659. The fraction of sp³-hybridized carbons (Fsp3) is 0.267. The molecule has 0 fully saturated rings. The van der Waals surface area contributed by atoms with Gasteiger partial charge in [-0.3, -0.25) is 0 Å². The van der Waals surface area contributed by atoms with E-state index in [0.717, 1.165) is 0 Å². The number of anilines is 1. The van der Waals surface area contributed by atoms with Crippen LogP contribution < -0.4 is 10.1 Å². The van der Waals surface area contributed by atoms with E-state index in [2.05, 4.69) is 5.32 Å². The van der Waals surface area contributed by atoms with Crippen molar-refractivity contribution in [3.63, 3.8) is 0 Å². The highest BCUT2D eigenvalue weighted by molar-refractivity contribution is 5.86. The molecule has 0 saturated heterocycles. The maximum Gasteiger partial charge on any atom is 0.372 e. The molecule has 2 N–H and O–H groups in total. The predicted molar refractivity (Wildman–Crippen MR) is 75.3 cm³/mol. The zero-order valence-corrected chi connectivity index (χ0v) is 11.8. The Bertz CT molecular complexity index is 651. The van der Waals surface area contributed by atoms with Crippen LogP contribution in [0.3, 0.4) is 0 Å². The average molecular weight is 293 g/mol. The number of furan rings is 1. The summed E-state index contributed by atoms with van der Waals surface area (Å²) >= 11 is 0. The highest BCUT2D eigenvalue weighted by Gasteiger charge is 2.14. The molecule has 6 heteroatoms. The second-order valence-electron chi connectivity index (χ2n) is 4.46. The van der Waals surface area contributed by atoms with Crippen molar-refractivity contribution in [2.45, 2.75) is 20.4 Å². The van der Waals surface area contributed by atoms with Gasteiger partial charge in [-0.1, -0.05) is 0 Å². The van der Waals surface area contributed by atoms with Gasteiger partial charge in [0.25, 0.3) is 0 Å². The first-order chi connectivity index (χ1) is 10.0. The van der Waals surface area contributed by atoms with E-state index in [9.17, 15) is 9.18 Å². The quantitative estimate of drug-likeness (QED) is 0.853. The Kier molecular flexibility index (Phi) is 4.47. The highest BCUT2D eigenvalue weighted by atomic mass is 19.1. The maximum atomic E-state index is 13.7. The molecule has 0 spiro atoms. The van der Waals surface area contributed by atoms with Gasteiger partial charge in [0, 0.05) is 17.3 Å². The van der Waals surface area contributed by atoms with Crippen LogP contribution in [-0.4, -0.2) is 17.7 Å². The Morgan fingerprint density at radius 3 is 2.76 bits per heavy atom. The first kappa shape index (κ1) is 14.9. The Hall–Kier alpha value is -2.50. The Labute approximate surface area is 121 Å². The van der Waals surface area contributed by atoms with Crippen molar-refractivity contribution in [2.24, 2.45) is 0 Å². The average Bonchev–Trinajstić information content (AvgIpc) is 2.81. The van der Waals surface area contributed by atoms with Crippen molar-refractivity contribution in [1.29, 1.82) is 0 Å². The molecule has 5 nitrogen and oxygen atoms in total. The van der Waals surface area contributed by atoms with Crippen molar-refractivity contribution < 1.29 is 23.4 Å². The molecule has 1 heterocycles. The molecule has 0 atom stereocenters. The van der Waals surface area contributed by atoms with Gasteiger partial charge in [-0.05, 0) is 32.0 Å². The first-order valence-electron chi connectivity index (χ1n) is 6.50. The number of benzene rings is 1. The van der Waals surface area contributed by atoms with Crippen LogP contribution in [0, 0.1) is 12.7 Å². The predicted octanol–water partition coefficient (Wildman–Crippen LogP) is 3.44. The topological polar surface area (TPSA) is 71.7 Å². The number of ether oxygens (including phenoxy) is 1. The van der Waals surface area contributed by atoms with E-state index in [4.69, 9.17) is 14.3 Å². The summed E-state index contributed by atoms with van der Waals surface area (Å²) in [6, 6.07) is 6.18. The standard InChI is InChI=1S/C15H16FNO4/c1-3-20-13-5-4-10(7-12(13)16)17-8-11-6-9(2)14(21-11)15(18)19/h4-7,17H,3,8H2,1-2H3,(H,18,19). The van der Waals surface area contributed by atoms with Crippen molar-refractivity contribution in [3.05, 3.63) is 47.2 Å². The zero-order valence-electron chi connectivity index (χ0n) is 11.8. The number of carboxylic acids is 1. The van der Waals surface area contributed by atoms with Gasteiger partial charge in [-0.2, -0.15) is 0 Å². The maximum absolute atomic E-state index is 13.7. The van der Waals surface area contributed by atoms with E-state index < -0.39 is 11.8 Å². The molecular weight excluding hydrogens is 277 g/mol. The van der Waals surface area contributed by atoms with Crippen LogP contribution in [0.1, 0.15) is 28.8 Å². The molecule has 21 heavy (non-hydrogen) atoms. The smallest absolute Gasteiger partial charge is 0.372 e. The van der Waals surface area contributed by atoms with Crippen molar-refractivity contribution in [2.75, 3.05) is 11.9 Å². The van der Waals surface area contributed by atoms with Crippen LogP contribution >= 0.6 is 0 Å². The molecule has 1 aromatic carbocycles. The molecule has 0 amide bonds. The molecule has 0 saturated carbocycles. The molecule has 0 aliphatic heterocycles. The van der Waals surface area contributed by atoms with Gasteiger partial charge in [0.2, 0.25) is 5.76 Å². The van der Waals surface area contributed by atoms with Gasteiger partial charge < -0.3 is 19.6 Å². The third-order valence-corrected chi connectivity index (χ3v) is 2.86. The molecule has 0 radical (unpaired) electrons. The Balaban J connectivity index is 2.04. The largest absolute Gasteiger partial charge is 0.491 e. The molecule has 0 bridgehead atoms. The van der Waals surface area contributed by atoms with Gasteiger partial charge in [0.05, 0.1) is 13.2 Å². The van der Waals surface area contributed by atoms with E-state index in [0.29, 0.717) is 23.6 Å². The van der Waals surface area contributed by atoms with Crippen LogP contribution in [0.4, 0.5) is 10.1 Å². The Morgan fingerprint density at radius 2 is 2.19 bits per heavy atom. The summed E-state index contributed by atoms with van der Waals surface area (Å²) in [6.45, 7) is 4.10. The Morgan fingerprint density at radius 1 is 1.43 bits per heavy atom. The second kappa shape index (κ2) is 6.30. The number of aryl methyl sites for hydroxylation is 1. The summed E-state index contributed by atoms with van der Waals surface area (Å²) in [5, 5.41) is 11.9. The van der Waals surface area contributed by atoms with Crippen molar-refractivity contribution in [3.8, 4) is 5.75 Å². The number of nitrogens with one attached hydrogen (secondary N) is 1. The summed E-state index contributed by atoms with van der Waals surface area (Å²) in [7, 11) is 0. The fourth-order valence-corrected chi connectivity index (χ4v) is 1.92. The third kappa shape index (κ3) is 3.53. The lowest BCUT2D eigenvalue weighted by atomic mass is 10.2. The van der Waals surface area contributed by atoms with Crippen LogP contribution in [0.2, 0.25) is 0 Å². The number of aromatic carboxylic acids is 1. The minimum Gasteiger partial charge on any atom is -0.491 e. The molecular formula is C15H16FNO4. The minimum absolute atomic E-state index is 0.0790. The SMILES string of the molecule is CCOc1ccc(NCc2cc(C)c(C(=O)O)o2)cc1F. The summed E-state index contributed by atoms with van der Waals surface area (Å²) in [5.41, 5.74) is 1.11. The molecule has 2 aromatic rings. The monoisotopic (exact) mass is 293 g/mol. The molecule has 0 unspecified atom stereocenters. The van der Waals surface area contributed by atoms with Crippen LogP contribution in [0.15, 0.2) is 28.7 Å². The fourth-order valence-electron chi connectivity index (χ4n) is 1.92. The van der Waals surface area contributed by atoms with Gasteiger partial charge in [0.15, 0.2) is 11.6 Å². The van der Waals surface area contributed by atoms with E-state index in [1.54, 1.807) is 26.0 Å². The normalized spacial score (nSPS) is 10.4. The number of rotatable bonds is 6. The molecule has 1 aromatic heterocycles. The molecule has 112 valence electrons. The van der Waals surface area contributed by atoms with Crippen molar-refractivity contribution >= 4 is 11.7 Å². The van der Waals surface area contributed by atoms with E-state index in [1.807, 2.05) is 0 Å². The summed E-state index contributed by atoms with van der Waals surface area (Å²) in [5.74, 6) is -0.969. The van der Waals surface area contributed by atoms with Crippen LogP contribution in [0.5, 0.6) is 5.75 Å². The molecule has 2 rings (SSSR count). The van der Waals surface area contributed by atoms with Crippen LogP contribution in [0.25, 0.3) is 0 Å². The third-order valence-electron chi connectivity index (χ3n) is 2.86. The van der Waals surface area contributed by atoms with E-state index in [1.165, 1.54) is 12.1 Å². The van der Waals surface area contributed by atoms with Crippen LogP contribution in [-0.2, 0) is 6.54 Å². The molecule has 0 aliphatic carbocycles. The van der Waals surface area contributed by atoms with Crippen molar-refractivity contribution in [1.82, 2.24) is 0 Å².